The van der Waals surface area contributed by atoms with Crippen molar-refractivity contribution in [3.63, 3.8) is 0 Å². The molecule has 0 unspecified atom stereocenters. The Kier molecular flexibility index (Phi) is 4.72. The third kappa shape index (κ3) is 2.92. The fraction of sp³-hybridized carbons (Fsp3) is 0.333. The maximum Gasteiger partial charge on any atom is 0.332 e. The number of rotatable bonds is 4. The van der Waals surface area contributed by atoms with E-state index >= 15 is 0 Å². The van der Waals surface area contributed by atoms with E-state index in [1.165, 1.54) is 18.7 Å². The molecule has 148 valence electrons. The summed E-state index contributed by atoms with van der Waals surface area (Å²) >= 11 is 0. The van der Waals surface area contributed by atoms with Crippen LogP contribution in [0.4, 0.5) is 17.2 Å². The van der Waals surface area contributed by atoms with E-state index in [1.54, 1.807) is 18.2 Å². The van der Waals surface area contributed by atoms with Gasteiger partial charge < -0.3 is 15.9 Å². The highest BCUT2D eigenvalue weighted by Gasteiger charge is 2.20. The molecule has 0 bridgehead atoms. The van der Waals surface area contributed by atoms with E-state index in [4.69, 9.17) is 5.73 Å². The molecule has 2 heterocycles. The van der Waals surface area contributed by atoms with Crippen molar-refractivity contribution in [2.75, 3.05) is 5.73 Å². The molecule has 0 amide bonds. The van der Waals surface area contributed by atoms with Crippen LogP contribution in [0, 0.1) is 5.92 Å². The van der Waals surface area contributed by atoms with Crippen LogP contribution < -0.4 is 17.0 Å². The Balaban J connectivity index is 2.20. The van der Waals surface area contributed by atoms with Crippen molar-refractivity contribution in [2.24, 2.45) is 30.2 Å². The molecule has 4 N–H and O–H groups in total. The molecule has 2 aromatic heterocycles. The Labute approximate surface area is 159 Å². The lowest BCUT2D eigenvalue weighted by Crippen LogP contribution is -2.37. The standard InChI is InChI=1S/C18H22N6O4/c1-9(2)8-24-15(25)10-6-5-7-11(12(10)16(24)26)20-21-13-14(19)22(3)18(28)23(4)17(13)27/h5-7,9,25-26H,8,19H2,1-4H3. The minimum atomic E-state index is -0.680. The molecule has 0 atom stereocenters. The largest absolute Gasteiger partial charge is 0.494 e. The summed E-state index contributed by atoms with van der Waals surface area (Å²) in [5.74, 6) is -0.140. The molecular weight excluding hydrogens is 364 g/mol. The molecular formula is C18H22N6O4. The van der Waals surface area contributed by atoms with Crippen LogP contribution in [0.5, 0.6) is 11.8 Å². The SMILES string of the molecule is CC(C)Cn1c(O)c2cccc(N=Nc3c(N)n(C)c(=O)n(C)c3=O)c2c1O. The quantitative estimate of drug-likeness (QED) is 0.589. The second-order valence-corrected chi connectivity index (χ2v) is 6.99. The van der Waals surface area contributed by atoms with E-state index in [9.17, 15) is 19.8 Å². The molecule has 0 aliphatic carbocycles. The zero-order chi connectivity index (χ0) is 20.7. The van der Waals surface area contributed by atoms with Crippen molar-refractivity contribution in [1.82, 2.24) is 13.7 Å². The van der Waals surface area contributed by atoms with Crippen LogP contribution in [-0.2, 0) is 20.6 Å². The molecule has 0 spiro atoms. The maximum absolute atomic E-state index is 12.3. The van der Waals surface area contributed by atoms with Gasteiger partial charge in [0.25, 0.3) is 5.56 Å². The van der Waals surface area contributed by atoms with Gasteiger partial charge in [0.15, 0.2) is 5.69 Å². The molecule has 0 aliphatic heterocycles. The number of nitrogens with zero attached hydrogens (tertiary/aromatic N) is 5. The van der Waals surface area contributed by atoms with Crippen LogP contribution in [0.2, 0.25) is 0 Å². The molecule has 1 aromatic carbocycles. The first kappa shape index (κ1) is 19.2. The number of aromatic hydroxyl groups is 2. The lowest BCUT2D eigenvalue weighted by Gasteiger charge is -2.09. The molecule has 10 nitrogen and oxygen atoms in total. The van der Waals surface area contributed by atoms with E-state index in [0.717, 1.165) is 9.13 Å². The Hall–Kier alpha value is -3.56. The summed E-state index contributed by atoms with van der Waals surface area (Å²) < 4.78 is 3.38. The predicted molar refractivity (Wildman–Crippen MR) is 106 cm³/mol. The second kappa shape index (κ2) is 6.87. The van der Waals surface area contributed by atoms with Crippen molar-refractivity contribution in [2.45, 2.75) is 20.4 Å². The third-order valence-electron chi connectivity index (χ3n) is 4.51. The molecule has 0 saturated heterocycles. The van der Waals surface area contributed by atoms with Gasteiger partial charge in [-0.2, -0.15) is 0 Å². The summed E-state index contributed by atoms with van der Waals surface area (Å²) in [7, 11) is 2.74. The summed E-state index contributed by atoms with van der Waals surface area (Å²) in [4.78, 5) is 24.2. The second-order valence-electron chi connectivity index (χ2n) is 6.99. The summed E-state index contributed by atoms with van der Waals surface area (Å²) in [6, 6.07) is 4.89. The van der Waals surface area contributed by atoms with Crippen molar-refractivity contribution in [3.8, 4) is 11.8 Å². The molecule has 3 rings (SSSR count). The fourth-order valence-corrected chi connectivity index (χ4v) is 3.00. The molecule has 3 aromatic rings. The molecule has 10 heteroatoms. The Morgan fingerprint density at radius 3 is 2.39 bits per heavy atom. The number of hydrogen-bond donors (Lipinski definition) is 3. The lowest BCUT2D eigenvalue weighted by atomic mass is 10.2. The average molecular weight is 386 g/mol. The van der Waals surface area contributed by atoms with E-state index in [1.807, 2.05) is 13.8 Å². The number of benzene rings is 1. The van der Waals surface area contributed by atoms with Crippen LogP contribution in [0.25, 0.3) is 10.8 Å². The molecule has 0 radical (unpaired) electrons. The Morgan fingerprint density at radius 2 is 1.75 bits per heavy atom. The van der Waals surface area contributed by atoms with Crippen LogP contribution in [0.1, 0.15) is 13.8 Å². The summed E-state index contributed by atoms with van der Waals surface area (Å²) in [5.41, 5.74) is 4.66. The zero-order valence-corrected chi connectivity index (χ0v) is 16.0. The third-order valence-corrected chi connectivity index (χ3v) is 4.51. The monoisotopic (exact) mass is 386 g/mol. The smallest absolute Gasteiger partial charge is 0.332 e. The normalized spacial score (nSPS) is 11.9. The average Bonchev–Trinajstić information content (AvgIpc) is 2.90. The topological polar surface area (TPSA) is 140 Å². The van der Waals surface area contributed by atoms with Gasteiger partial charge in [0, 0.05) is 26.0 Å². The van der Waals surface area contributed by atoms with Gasteiger partial charge in [-0.3, -0.25) is 18.5 Å². The number of nitrogen functional groups attached to an aromatic ring is 1. The van der Waals surface area contributed by atoms with Gasteiger partial charge in [0.2, 0.25) is 11.8 Å². The summed E-state index contributed by atoms with van der Waals surface area (Å²) in [6.45, 7) is 4.34. The van der Waals surface area contributed by atoms with Crippen molar-refractivity contribution in [3.05, 3.63) is 39.0 Å². The molecule has 28 heavy (non-hydrogen) atoms. The number of fused-ring (bicyclic) bond motifs is 1. The zero-order valence-electron chi connectivity index (χ0n) is 16.0. The highest BCUT2D eigenvalue weighted by molar-refractivity contribution is 6.00. The van der Waals surface area contributed by atoms with Gasteiger partial charge in [0.1, 0.15) is 5.82 Å². The first-order valence-electron chi connectivity index (χ1n) is 8.65. The van der Waals surface area contributed by atoms with Gasteiger partial charge in [0.05, 0.1) is 11.1 Å². The minimum Gasteiger partial charge on any atom is -0.494 e. The van der Waals surface area contributed by atoms with Crippen molar-refractivity contribution >= 4 is 28.0 Å². The number of nitrogens with two attached hydrogens (primary N) is 1. The number of hydrogen-bond acceptors (Lipinski definition) is 7. The van der Waals surface area contributed by atoms with Crippen LogP contribution in [0.15, 0.2) is 38.0 Å². The Bertz CT molecular complexity index is 1220. The minimum absolute atomic E-state index is 0.0733. The van der Waals surface area contributed by atoms with Crippen LogP contribution in [0.3, 0.4) is 0 Å². The Morgan fingerprint density at radius 1 is 1.07 bits per heavy atom. The van der Waals surface area contributed by atoms with Gasteiger partial charge in [-0.25, -0.2) is 4.79 Å². The molecule has 0 saturated carbocycles. The van der Waals surface area contributed by atoms with Gasteiger partial charge in [-0.1, -0.05) is 19.9 Å². The van der Waals surface area contributed by atoms with Gasteiger partial charge >= 0.3 is 5.69 Å². The van der Waals surface area contributed by atoms with E-state index in [0.29, 0.717) is 17.3 Å². The number of azo groups is 1. The number of anilines is 1. The van der Waals surface area contributed by atoms with E-state index in [2.05, 4.69) is 10.2 Å². The van der Waals surface area contributed by atoms with Gasteiger partial charge in [-0.15, -0.1) is 10.2 Å². The predicted octanol–water partition coefficient (Wildman–Crippen LogP) is 2.10. The first-order valence-corrected chi connectivity index (χ1v) is 8.65. The maximum atomic E-state index is 12.3. The molecule has 0 aliphatic rings. The van der Waals surface area contributed by atoms with Crippen molar-refractivity contribution < 1.29 is 10.2 Å². The van der Waals surface area contributed by atoms with E-state index in [-0.39, 0.29) is 34.9 Å². The highest BCUT2D eigenvalue weighted by atomic mass is 16.3. The van der Waals surface area contributed by atoms with Crippen LogP contribution >= 0.6 is 0 Å². The number of aromatic nitrogens is 3. The highest BCUT2D eigenvalue weighted by Crippen LogP contribution is 2.42. The van der Waals surface area contributed by atoms with Gasteiger partial charge in [-0.05, 0) is 18.1 Å². The van der Waals surface area contributed by atoms with E-state index < -0.39 is 11.2 Å². The summed E-state index contributed by atoms with van der Waals surface area (Å²) in [5, 5.41) is 29.8. The van der Waals surface area contributed by atoms with Crippen LogP contribution in [-0.4, -0.2) is 23.9 Å². The lowest BCUT2D eigenvalue weighted by molar-refractivity contribution is 0.350. The fourth-order valence-electron chi connectivity index (χ4n) is 3.00. The summed E-state index contributed by atoms with van der Waals surface area (Å²) in [6.07, 6.45) is 0. The van der Waals surface area contributed by atoms with Crippen molar-refractivity contribution in [1.29, 1.82) is 0 Å². The molecule has 0 fully saturated rings. The first-order chi connectivity index (χ1) is 13.1.